The number of aryl methyl sites for hydroxylation is 1. The zero-order chi connectivity index (χ0) is 19.1. The zero-order valence-electron chi connectivity index (χ0n) is 15.4. The predicted molar refractivity (Wildman–Crippen MR) is 111 cm³/mol. The van der Waals surface area contributed by atoms with E-state index in [-0.39, 0.29) is 0 Å². The number of morpholine rings is 1. The Hall–Kier alpha value is -2.71. The van der Waals surface area contributed by atoms with Crippen molar-refractivity contribution in [2.24, 2.45) is 0 Å². The molecule has 7 nitrogen and oxygen atoms in total. The Morgan fingerprint density at radius 1 is 1.04 bits per heavy atom. The van der Waals surface area contributed by atoms with Gasteiger partial charge in [-0.1, -0.05) is 23.8 Å². The van der Waals surface area contributed by atoms with Gasteiger partial charge in [-0.2, -0.15) is 14.7 Å². The van der Waals surface area contributed by atoms with Crippen LogP contribution in [0.25, 0.3) is 22.7 Å². The van der Waals surface area contributed by atoms with Crippen molar-refractivity contribution >= 4 is 27.4 Å². The third-order valence-corrected chi connectivity index (χ3v) is 5.23. The molecule has 1 aliphatic heterocycles. The highest BCUT2D eigenvalue weighted by molar-refractivity contribution is 9.10. The third-order valence-electron chi connectivity index (χ3n) is 4.84. The van der Waals surface area contributed by atoms with Gasteiger partial charge in [0.15, 0.2) is 11.5 Å². The molecule has 8 heteroatoms. The first kappa shape index (κ1) is 17.4. The Kier molecular flexibility index (Phi) is 4.37. The average Bonchev–Trinajstić information content (AvgIpc) is 3.34. The van der Waals surface area contributed by atoms with Crippen molar-refractivity contribution in [2.75, 3.05) is 31.2 Å². The second-order valence-corrected chi connectivity index (χ2v) is 7.64. The van der Waals surface area contributed by atoms with Gasteiger partial charge in [0, 0.05) is 37.0 Å². The summed E-state index contributed by atoms with van der Waals surface area (Å²) in [6.07, 6.45) is 1.95. The number of halogens is 1. The summed E-state index contributed by atoms with van der Waals surface area (Å²) in [5.74, 6) is 1.75. The van der Waals surface area contributed by atoms with Gasteiger partial charge in [-0.3, -0.25) is 0 Å². The van der Waals surface area contributed by atoms with Crippen LogP contribution in [0.5, 0.6) is 0 Å². The number of hydrogen-bond donors (Lipinski definition) is 0. The maximum Gasteiger partial charge on any atom is 0.161 e. The lowest BCUT2D eigenvalue weighted by molar-refractivity contribution is 0.122. The fourth-order valence-electron chi connectivity index (χ4n) is 3.46. The number of benzene rings is 1. The largest absolute Gasteiger partial charge is 0.378 e. The second kappa shape index (κ2) is 7.03. The topological polar surface area (TPSA) is 60.5 Å². The molecule has 0 radical (unpaired) electrons. The van der Waals surface area contributed by atoms with E-state index < -0.39 is 0 Å². The molecule has 0 spiro atoms. The van der Waals surface area contributed by atoms with E-state index in [4.69, 9.17) is 14.8 Å². The molecular formula is C20H19BrN6O. The minimum absolute atomic E-state index is 0.709. The summed E-state index contributed by atoms with van der Waals surface area (Å²) in [5.41, 5.74) is 4.01. The van der Waals surface area contributed by atoms with Crippen LogP contribution in [0, 0.1) is 6.92 Å². The lowest BCUT2D eigenvalue weighted by Crippen LogP contribution is -2.37. The van der Waals surface area contributed by atoms with Crippen LogP contribution in [-0.4, -0.2) is 50.7 Å². The molecule has 0 saturated carbocycles. The van der Waals surface area contributed by atoms with Crippen molar-refractivity contribution in [1.29, 1.82) is 0 Å². The van der Waals surface area contributed by atoms with Crippen molar-refractivity contribution in [3.8, 4) is 17.1 Å². The van der Waals surface area contributed by atoms with E-state index in [9.17, 15) is 0 Å². The molecule has 4 heterocycles. The van der Waals surface area contributed by atoms with E-state index >= 15 is 0 Å². The predicted octanol–water partition coefficient (Wildman–Crippen LogP) is 3.49. The van der Waals surface area contributed by atoms with Crippen molar-refractivity contribution in [3.63, 3.8) is 0 Å². The molecule has 0 N–H and O–H groups in total. The summed E-state index contributed by atoms with van der Waals surface area (Å²) in [7, 11) is 0. The molecule has 1 saturated heterocycles. The average molecular weight is 439 g/mol. The van der Waals surface area contributed by atoms with Crippen LogP contribution in [0.1, 0.15) is 5.56 Å². The quantitative estimate of drug-likeness (QED) is 0.489. The minimum atomic E-state index is 0.709. The zero-order valence-corrected chi connectivity index (χ0v) is 17.0. The fraction of sp³-hybridized carbons (Fsp3) is 0.250. The molecule has 4 aromatic rings. The summed E-state index contributed by atoms with van der Waals surface area (Å²) >= 11 is 3.47. The molecule has 0 aliphatic carbocycles. The number of aromatic nitrogens is 5. The van der Waals surface area contributed by atoms with E-state index in [1.165, 1.54) is 5.56 Å². The Bertz CT molecular complexity index is 1140. The maximum atomic E-state index is 5.50. The van der Waals surface area contributed by atoms with Gasteiger partial charge in [0.2, 0.25) is 0 Å². The van der Waals surface area contributed by atoms with Gasteiger partial charge in [-0.15, -0.1) is 0 Å². The van der Waals surface area contributed by atoms with Crippen LogP contribution in [0.2, 0.25) is 0 Å². The van der Waals surface area contributed by atoms with Crippen molar-refractivity contribution in [3.05, 3.63) is 58.8 Å². The Morgan fingerprint density at radius 3 is 2.71 bits per heavy atom. The van der Waals surface area contributed by atoms with Crippen molar-refractivity contribution in [2.45, 2.75) is 6.92 Å². The Balaban J connectivity index is 1.59. The minimum Gasteiger partial charge on any atom is -0.378 e. The molecule has 142 valence electrons. The van der Waals surface area contributed by atoms with Crippen LogP contribution in [0.3, 0.4) is 0 Å². The molecule has 3 aromatic heterocycles. The number of nitrogens with zero attached hydrogens (tertiary/aromatic N) is 6. The molecule has 5 rings (SSSR count). The van der Waals surface area contributed by atoms with Crippen LogP contribution in [0.4, 0.5) is 5.82 Å². The maximum absolute atomic E-state index is 5.50. The molecule has 1 fully saturated rings. The summed E-state index contributed by atoms with van der Waals surface area (Å²) in [6.45, 7) is 5.15. The number of anilines is 1. The van der Waals surface area contributed by atoms with Gasteiger partial charge < -0.3 is 9.64 Å². The van der Waals surface area contributed by atoms with Crippen LogP contribution < -0.4 is 4.90 Å². The lowest BCUT2D eigenvalue weighted by atomic mass is 10.1. The highest BCUT2D eigenvalue weighted by Gasteiger charge is 2.18. The molecule has 0 unspecified atom stereocenters. The molecule has 0 amide bonds. The van der Waals surface area contributed by atoms with E-state index in [0.717, 1.165) is 46.2 Å². The van der Waals surface area contributed by atoms with E-state index in [0.29, 0.717) is 13.2 Å². The van der Waals surface area contributed by atoms with Gasteiger partial charge in [0.1, 0.15) is 10.4 Å². The summed E-state index contributed by atoms with van der Waals surface area (Å²) in [5, 5.41) is 9.31. The van der Waals surface area contributed by atoms with Gasteiger partial charge >= 0.3 is 0 Å². The third kappa shape index (κ3) is 3.18. The van der Waals surface area contributed by atoms with Crippen molar-refractivity contribution < 1.29 is 4.74 Å². The number of fused-ring (bicyclic) bond motifs is 1. The van der Waals surface area contributed by atoms with Crippen LogP contribution in [0.15, 0.2) is 53.3 Å². The van der Waals surface area contributed by atoms with E-state index in [1.54, 1.807) is 0 Å². The Morgan fingerprint density at radius 2 is 1.89 bits per heavy atom. The summed E-state index contributed by atoms with van der Waals surface area (Å²) < 4.78 is 9.95. The first-order valence-corrected chi connectivity index (χ1v) is 9.99. The highest BCUT2D eigenvalue weighted by Crippen LogP contribution is 2.24. The SMILES string of the molecule is Cc1cccc(-c2ccn(-c3cc(N4CCOCC4)n4nc(Br)cc4n3)n2)c1. The standard InChI is InChI=1S/C20H19BrN6O/c1-14-3-2-4-15(11-14)16-5-6-26(23-16)18-13-20(25-7-9-28-10-8-25)27-19(22-18)12-17(21)24-27/h2-6,11-13H,7-10H2,1H3. The molecular weight excluding hydrogens is 420 g/mol. The normalized spacial score (nSPS) is 14.7. The van der Waals surface area contributed by atoms with Crippen LogP contribution >= 0.6 is 15.9 Å². The smallest absolute Gasteiger partial charge is 0.161 e. The molecule has 1 aromatic carbocycles. The second-order valence-electron chi connectivity index (χ2n) is 6.82. The summed E-state index contributed by atoms with van der Waals surface area (Å²) in [4.78, 5) is 7.03. The van der Waals surface area contributed by atoms with Gasteiger partial charge in [0.25, 0.3) is 0 Å². The highest BCUT2D eigenvalue weighted by atomic mass is 79.9. The number of rotatable bonds is 3. The monoisotopic (exact) mass is 438 g/mol. The van der Waals surface area contributed by atoms with Crippen molar-refractivity contribution in [1.82, 2.24) is 24.4 Å². The van der Waals surface area contributed by atoms with Gasteiger partial charge in [-0.25, -0.2) is 9.67 Å². The molecule has 1 aliphatic rings. The Labute approximate surface area is 170 Å². The first-order chi connectivity index (χ1) is 13.7. The molecule has 0 atom stereocenters. The molecule has 28 heavy (non-hydrogen) atoms. The fourth-order valence-corrected chi connectivity index (χ4v) is 3.83. The van der Waals surface area contributed by atoms with Gasteiger partial charge in [-0.05, 0) is 35.0 Å². The number of ether oxygens (including phenoxy) is 1. The summed E-state index contributed by atoms with van der Waals surface area (Å²) in [6, 6.07) is 14.3. The van der Waals surface area contributed by atoms with E-state index in [2.05, 4.69) is 51.1 Å². The molecule has 0 bridgehead atoms. The van der Waals surface area contributed by atoms with Crippen LogP contribution in [-0.2, 0) is 4.74 Å². The lowest BCUT2D eigenvalue weighted by Gasteiger charge is -2.29. The van der Waals surface area contributed by atoms with E-state index in [1.807, 2.05) is 39.7 Å². The number of hydrogen-bond acceptors (Lipinski definition) is 5. The first-order valence-electron chi connectivity index (χ1n) is 9.19. The van der Waals surface area contributed by atoms with Gasteiger partial charge in [0.05, 0.1) is 18.9 Å².